The highest BCUT2D eigenvalue weighted by molar-refractivity contribution is 7.89. The first-order valence-corrected chi connectivity index (χ1v) is 14.7. The van der Waals surface area contributed by atoms with Gasteiger partial charge >= 0.3 is 6.09 Å². The summed E-state index contributed by atoms with van der Waals surface area (Å²) in [5, 5.41) is 5.36. The topological polar surface area (TPSA) is 125 Å². The number of rotatable bonds is 7. The number of thiophene rings is 1. The number of hydrogen-bond donors (Lipinski definition) is 2. The molecule has 0 bridgehead atoms. The van der Waals surface area contributed by atoms with E-state index in [4.69, 9.17) is 0 Å². The van der Waals surface area contributed by atoms with E-state index >= 15 is 0 Å². The second kappa shape index (κ2) is 11.7. The normalized spacial score (nSPS) is 16.6. The molecule has 2 aliphatic heterocycles. The van der Waals surface area contributed by atoms with E-state index in [1.807, 2.05) is 0 Å². The van der Waals surface area contributed by atoms with Gasteiger partial charge in [0.2, 0.25) is 10.0 Å². The molecule has 2 N–H and O–H groups in total. The van der Waals surface area contributed by atoms with Crippen LogP contribution < -0.4 is 10.6 Å². The molecule has 0 spiro atoms. The molecule has 0 aliphatic carbocycles. The molecule has 12 heteroatoms. The Bertz CT molecular complexity index is 1270. The number of carbonyl (C=O) groups excluding carboxylic acids is 3. The van der Waals surface area contributed by atoms with Crippen LogP contribution in [0.15, 0.2) is 29.2 Å². The summed E-state index contributed by atoms with van der Waals surface area (Å²) in [5.74, 6) is -1.11. The van der Waals surface area contributed by atoms with Gasteiger partial charge in [-0.3, -0.25) is 19.8 Å². The number of carbonyl (C=O) groups is 3. The van der Waals surface area contributed by atoms with Crippen LogP contribution in [-0.4, -0.2) is 68.8 Å². The average molecular weight is 549 g/mol. The molecule has 1 saturated heterocycles. The summed E-state index contributed by atoms with van der Waals surface area (Å²) in [7, 11) is -2.43. The van der Waals surface area contributed by atoms with Crippen molar-refractivity contribution in [3.05, 3.63) is 45.8 Å². The second-order valence-corrected chi connectivity index (χ2v) is 12.2. The van der Waals surface area contributed by atoms with E-state index in [-0.39, 0.29) is 16.0 Å². The van der Waals surface area contributed by atoms with Crippen LogP contribution in [0.4, 0.5) is 9.80 Å². The second-order valence-electron chi connectivity index (χ2n) is 9.12. The minimum atomic E-state index is -3.61. The van der Waals surface area contributed by atoms with Crippen LogP contribution in [-0.2, 0) is 27.7 Å². The van der Waals surface area contributed by atoms with E-state index in [1.165, 1.54) is 47.0 Å². The van der Waals surface area contributed by atoms with Crippen molar-refractivity contribution in [3.63, 3.8) is 0 Å². The number of ether oxygens (including phenoxy) is 1. The molecular formula is C25H32N4O6S2. The van der Waals surface area contributed by atoms with Crippen LogP contribution >= 0.6 is 11.3 Å². The lowest BCUT2D eigenvalue weighted by molar-refractivity contribution is 0.0936. The predicted molar refractivity (Wildman–Crippen MR) is 140 cm³/mol. The maximum Gasteiger partial charge on any atom is 0.413 e. The molecule has 1 aromatic heterocycles. The Morgan fingerprint density at radius 3 is 2.38 bits per heavy atom. The predicted octanol–water partition coefficient (Wildman–Crippen LogP) is 3.44. The smallest absolute Gasteiger partial charge is 0.413 e. The number of nitrogens with one attached hydrogen (secondary N) is 2. The van der Waals surface area contributed by atoms with E-state index in [2.05, 4.69) is 27.2 Å². The molecule has 0 saturated carbocycles. The minimum Gasteiger partial charge on any atom is -0.453 e. The number of methoxy groups -OCH3 is 1. The van der Waals surface area contributed by atoms with Gasteiger partial charge in [0.1, 0.15) is 5.00 Å². The van der Waals surface area contributed by atoms with Gasteiger partial charge in [-0.05, 0) is 62.1 Å². The van der Waals surface area contributed by atoms with Gasteiger partial charge in [0, 0.05) is 36.6 Å². The van der Waals surface area contributed by atoms with Crippen molar-refractivity contribution in [2.45, 2.75) is 50.5 Å². The van der Waals surface area contributed by atoms with Crippen molar-refractivity contribution in [1.29, 1.82) is 0 Å². The molecule has 2 aliphatic rings. The first-order chi connectivity index (χ1) is 17.7. The van der Waals surface area contributed by atoms with Gasteiger partial charge < -0.3 is 10.1 Å². The minimum absolute atomic E-state index is 0.145. The van der Waals surface area contributed by atoms with Crippen LogP contribution in [0.5, 0.6) is 0 Å². The number of imide groups is 1. The van der Waals surface area contributed by atoms with Crippen molar-refractivity contribution < 1.29 is 27.5 Å². The van der Waals surface area contributed by atoms with E-state index in [0.717, 1.165) is 49.2 Å². The molecule has 200 valence electrons. The summed E-state index contributed by atoms with van der Waals surface area (Å²) in [6, 6.07) is 5.81. The number of alkyl carbamates (subject to hydrolysis) is 1. The van der Waals surface area contributed by atoms with Gasteiger partial charge in [-0.2, -0.15) is 4.31 Å². The van der Waals surface area contributed by atoms with Crippen LogP contribution in [0.3, 0.4) is 0 Å². The maximum atomic E-state index is 13.1. The first-order valence-electron chi connectivity index (χ1n) is 12.4. The lowest BCUT2D eigenvalue weighted by Gasteiger charge is -2.26. The zero-order valence-electron chi connectivity index (χ0n) is 21.0. The van der Waals surface area contributed by atoms with Crippen LogP contribution in [0, 0.1) is 0 Å². The van der Waals surface area contributed by atoms with Crippen LogP contribution in [0.1, 0.15) is 63.8 Å². The zero-order chi connectivity index (χ0) is 26.6. The number of hydrogen-bond acceptors (Lipinski definition) is 8. The molecule has 10 nitrogen and oxygen atoms in total. The van der Waals surface area contributed by atoms with Gasteiger partial charge in [-0.15, -0.1) is 11.3 Å². The number of benzene rings is 1. The van der Waals surface area contributed by atoms with Gasteiger partial charge in [-0.1, -0.05) is 13.3 Å². The molecule has 0 unspecified atom stereocenters. The summed E-state index contributed by atoms with van der Waals surface area (Å²) in [5.41, 5.74) is 1.34. The summed E-state index contributed by atoms with van der Waals surface area (Å²) in [6.07, 6.45) is 3.45. The molecule has 3 heterocycles. The lowest BCUT2D eigenvalue weighted by atomic mass is 10.0. The Hall–Kier alpha value is -2.80. The molecule has 4 rings (SSSR count). The van der Waals surface area contributed by atoms with Crippen molar-refractivity contribution in [2.75, 3.05) is 38.6 Å². The Balaban J connectivity index is 1.56. The largest absolute Gasteiger partial charge is 0.453 e. The molecule has 1 aromatic carbocycles. The summed E-state index contributed by atoms with van der Waals surface area (Å²) in [4.78, 5) is 41.2. The molecule has 37 heavy (non-hydrogen) atoms. The highest BCUT2D eigenvalue weighted by Crippen LogP contribution is 2.37. The summed E-state index contributed by atoms with van der Waals surface area (Å²) >= 11 is 1.31. The summed E-state index contributed by atoms with van der Waals surface area (Å²) < 4.78 is 31.9. The van der Waals surface area contributed by atoms with Crippen LogP contribution in [0.25, 0.3) is 0 Å². The number of amides is 3. The van der Waals surface area contributed by atoms with Gasteiger partial charge in [0.15, 0.2) is 0 Å². The maximum absolute atomic E-state index is 13.1. The zero-order valence-corrected chi connectivity index (χ0v) is 22.7. The van der Waals surface area contributed by atoms with E-state index in [1.54, 1.807) is 0 Å². The monoisotopic (exact) mass is 548 g/mol. The van der Waals surface area contributed by atoms with E-state index in [0.29, 0.717) is 31.1 Å². The quantitative estimate of drug-likeness (QED) is 0.543. The molecule has 3 amide bonds. The van der Waals surface area contributed by atoms with Crippen molar-refractivity contribution in [2.24, 2.45) is 0 Å². The highest BCUT2D eigenvalue weighted by atomic mass is 32.2. The Morgan fingerprint density at radius 1 is 1.03 bits per heavy atom. The van der Waals surface area contributed by atoms with E-state index < -0.39 is 27.9 Å². The van der Waals surface area contributed by atoms with Gasteiger partial charge in [-0.25, -0.2) is 13.2 Å². The highest BCUT2D eigenvalue weighted by Gasteiger charge is 2.30. The van der Waals surface area contributed by atoms with Crippen molar-refractivity contribution >= 4 is 44.3 Å². The van der Waals surface area contributed by atoms with Crippen molar-refractivity contribution in [1.82, 2.24) is 14.5 Å². The third kappa shape index (κ3) is 6.03. The molecule has 1 fully saturated rings. The number of nitrogens with zero attached hydrogens (tertiary/aromatic N) is 2. The Labute approximate surface area is 221 Å². The number of piperidine rings is 1. The fourth-order valence-electron chi connectivity index (χ4n) is 4.71. The van der Waals surface area contributed by atoms with Gasteiger partial charge in [0.25, 0.3) is 11.8 Å². The standard InChI is InChI=1S/C25H32N4O6S2/c1-3-12-28-15-11-19-20(16-28)36-24(21(19)23(31)27-25(32)35-2)26-22(30)17-7-9-18(10-8-17)37(33,34)29-13-5-4-6-14-29/h7-10H,3-6,11-16H2,1-2H3,(H,26,30)(H,27,31,32). The summed E-state index contributed by atoms with van der Waals surface area (Å²) in [6.45, 7) is 5.46. The molecule has 0 atom stereocenters. The lowest BCUT2D eigenvalue weighted by Crippen LogP contribution is -2.35. The Morgan fingerprint density at radius 2 is 1.73 bits per heavy atom. The number of anilines is 1. The first kappa shape index (κ1) is 27.2. The third-order valence-electron chi connectivity index (χ3n) is 6.60. The molecule has 0 radical (unpaired) electrons. The average Bonchev–Trinajstić information content (AvgIpc) is 3.26. The fourth-order valence-corrected chi connectivity index (χ4v) is 7.51. The fraction of sp³-hybridized carbons (Fsp3) is 0.480. The third-order valence-corrected chi connectivity index (χ3v) is 9.65. The number of fused-ring (bicyclic) bond motifs is 1. The number of sulfonamides is 1. The van der Waals surface area contributed by atoms with Gasteiger partial charge in [0.05, 0.1) is 17.6 Å². The van der Waals surface area contributed by atoms with E-state index in [9.17, 15) is 22.8 Å². The molecule has 2 aromatic rings. The SMILES string of the molecule is CCCN1CCc2c(sc(NC(=O)c3ccc(S(=O)(=O)N4CCCCC4)cc3)c2C(=O)NC(=O)OC)C1. The Kier molecular flexibility index (Phi) is 8.63. The van der Waals surface area contributed by atoms with Crippen LogP contribution in [0.2, 0.25) is 0 Å². The molecular weight excluding hydrogens is 516 g/mol. The van der Waals surface area contributed by atoms with Crippen molar-refractivity contribution in [3.8, 4) is 0 Å².